The molecule has 6 N–H and O–H groups in total. The van der Waals surface area contributed by atoms with Gasteiger partial charge in [-0.1, -0.05) is 92.1 Å². The molecule has 260 valence electrons. The highest BCUT2D eigenvalue weighted by Gasteiger charge is 2.06. The van der Waals surface area contributed by atoms with Crippen LogP contribution in [0.25, 0.3) is 0 Å². The zero-order valence-electron chi connectivity index (χ0n) is 29.8. The number of aryl methyl sites for hydroxylation is 4. The molecule has 0 aliphatic carbocycles. The van der Waals surface area contributed by atoms with Crippen molar-refractivity contribution in [2.75, 3.05) is 27.0 Å². The third-order valence-corrected chi connectivity index (χ3v) is 7.32. The Morgan fingerprint density at radius 1 is 0.580 bits per heavy atom. The Bertz CT molecular complexity index is 1800. The minimum absolute atomic E-state index is 0.0869. The predicted octanol–water partition coefficient (Wildman–Crippen LogP) is 10.0. The van der Waals surface area contributed by atoms with Crippen LogP contribution in [0.3, 0.4) is 0 Å². The fourth-order valence-corrected chi connectivity index (χ4v) is 4.49. The molecule has 5 aromatic rings. The molecular weight excluding hydrogens is 622 g/mol. The van der Waals surface area contributed by atoms with E-state index in [0.29, 0.717) is 23.6 Å². The summed E-state index contributed by atoms with van der Waals surface area (Å²) in [6.07, 6.45) is 1.57. The molecule has 0 unspecified atom stereocenters. The van der Waals surface area contributed by atoms with Crippen LogP contribution in [0.5, 0.6) is 0 Å². The van der Waals surface area contributed by atoms with Gasteiger partial charge < -0.3 is 27.0 Å². The van der Waals surface area contributed by atoms with E-state index in [2.05, 4.69) is 28.2 Å². The number of amides is 4. The molecular formula is C42H49N5O3. The predicted molar refractivity (Wildman–Crippen MR) is 209 cm³/mol. The van der Waals surface area contributed by atoms with Crippen LogP contribution in [-0.2, 0) is 11.2 Å². The summed E-state index contributed by atoms with van der Waals surface area (Å²) >= 11 is 0. The van der Waals surface area contributed by atoms with Gasteiger partial charge in [-0.3, -0.25) is 9.59 Å². The Morgan fingerprint density at radius 3 is 1.42 bits per heavy atom. The Hall–Kier alpha value is -5.89. The largest absolute Gasteiger partial charge is 0.399 e. The first kappa shape index (κ1) is 38.6. The van der Waals surface area contributed by atoms with Crippen molar-refractivity contribution in [3.05, 3.63) is 149 Å². The van der Waals surface area contributed by atoms with E-state index >= 15 is 0 Å². The zero-order valence-corrected chi connectivity index (χ0v) is 29.8. The topological polar surface area (TPSA) is 125 Å². The summed E-state index contributed by atoms with van der Waals surface area (Å²) in [7, 11) is 0. The van der Waals surface area contributed by atoms with Crippen LogP contribution >= 0.6 is 0 Å². The first-order chi connectivity index (χ1) is 23.9. The number of carbonyl (C=O) groups excluding carboxylic acids is 3. The molecule has 8 nitrogen and oxygen atoms in total. The summed E-state index contributed by atoms with van der Waals surface area (Å²) in [5.74, 6) is 0.338. The van der Waals surface area contributed by atoms with E-state index in [1.54, 1.807) is 24.3 Å². The van der Waals surface area contributed by atoms with E-state index in [0.717, 1.165) is 34.7 Å². The number of hydrogen-bond donors (Lipinski definition) is 5. The molecule has 0 saturated heterocycles. The highest BCUT2D eigenvalue weighted by Crippen LogP contribution is 2.14. The summed E-state index contributed by atoms with van der Waals surface area (Å²) in [5.41, 5.74) is 14.8. The molecule has 4 amide bonds. The van der Waals surface area contributed by atoms with Gasteiger partial charge >= 0.3 is 6.03 Å². The van der Waals surface area contributed by atoms with Crippen molar-refractivity contribution in [1.29, 1.82) is 0 Å². The minimum atomic E-state index is -0.229. The maximum atomic E-state index is 11.9. The maximum Gasteiger partial charge on any atom is 0.323 e. The fraction of sp³-hybridized carbons (Fsp3) is 0.214. The van der Waals surface area contributed by atoms with Gasteiger partial charge in [0, 0.05) is 40.4 Å². The van der Waals surface area contributed by atoms with Gasteiger partial charge in [0.2, 0.25) is 5.91 Å². The number of nitrogens with one attached hydrogen (secondary N) is 4. The van der Waals surface area contributed by atoms with E-state index in [4.69, 9.17) is 5.73 Å². The third kappa shape index (κ3) is 14.5. The molecule has 0 heterocycles. The van der Waals surface area contributed by atoms with Crippen molar-refractivity contribution in [3.63, 3.8) is 0 Å². The second kappa shape index (κ2) is 19.8. The quantitative estimate of drug-likeness (QED) is 0.105. The second-order valence-electron chi connectivity index (χ2n) is 12.5. The van der Waals surface area contributed by atoms with Gasteiger partial charge in [0.25, 0.3) is 5.91 Å². The summed E-state index contributed by atoms with van der Waals surface area (Å²) in [6, 6.07) is 37.7. The van der Waals surface area contributed by atoms with Crippen LogP contribution in [0.15, 0.2) is 121 Å². The van der Waals surface area contributed by atoms with E-state index < -0.39 is 0 Å². The lowest BCUT2D eigenvalue weighted by molar-refractivity contribution is -0.116. The maximum absolute atomic E-state index is 11.9. The smallest absolute Gasteiger partial charge is 0.323 e. The van der Waals surface area contributed by atoms with E-state index in [1.165, 1.54) is 16.7 Å². The van der Waals surface area contributed by atoms with Crippen LogP contribution < -0.4 is 27.0 Å². The Kier molecular flexibility index (Phi) is 15.3. The molecule has 8 heteroatoms. The summed E-state index contributed by atoms with van der Waals surface area (Å²) in [6.45, 7) is 12.2. The number of nitrogens with two attached hydrogens (primary N) is 1. The van der Waals surface area contributed by atoms with Crippen LogP contribution in [0.2, 0.25) is 0 Å². The molecule has 0 atom stereocenters. The minimum Gasteiger partial charge on any atom is -0.399 e. The Labute approximate surface area is 296 Å². The first-order valence-corrected chi connectivity index (χ1v) is 16.7. The fourth-order valence-electron chi connectivity index (χ4n) is 4.49. The van der Waals surface area contributed by atoms with Crippen molar-refractivity contribution >= 4 is 46.3 Å². The van der Waals surface area contributed by atoms with E-state index in [-0.39, 0.29) is 17.8 Å². The highest BCUT2D eigenvalue weighted by molar-refractivity contribution is 6.04. The molecule has 0 fully saturated rings. The molecule has 0 bridgehead atoms. The molecule has 50 heavy (non-hydrogen) atoms. The lowest BCUT2D eigenvalue weighted by atomic mass is 10.1. The van der Waals surface area contributed by atoms with Crippen LogP contribution in [0.1, 0.15) is 59.8 Å². The number of nitrogen functional groups attached to an aromatic ring is 1. The number of urea groups is 1. The standard InChI is InChI=1S/C16H18N2O.C14H14N2O.C12H17NO/c1-3-13-6-10-15(11-7-13)18-16(19)17-14-8-4-12(2)5-9-14;1-10-5-7-13(8-6-10)16-14(17)11-3-2-4-12(15)9-11;1-9(2)8-12(14)13-11-6-4-10(3)5-7-11/h4-11H,3H2,1-2H3,(H2,17,18,19);2-9H,15H2,1H3,(H,16,17);4-7,9H,8H2,1-3H3,(H,13,14). The zero-order chi connectivity index (χ0) is 36.5. The van der Waals surface area contributed by atoms with Gasteiger partial charge in [0.15, 0.2) is 0 Å². The average Bonchev–Trinajstić information content (AvgIpc) is 3.08. The van der Waals surface area contributed by atoms with Gasteiger partial charge in [-0.2, -0.15) is 0 Å². The monoisotopic (exact) mass is 671 g/mol. The molecule has 0 saturated carbocycles. The second-order valence-corrected chi connectivity index (χ2v) is 12.5. The van der Waals surface area contributed by atoms with Crippen LogP contribution in [0, 0.1) is 26.7 Å². The summed E-state index contributed by atoms with van der Waals surface area (Å²) in [5, 5.41) is 11.3. The molecule has 0 spiro atoms. The lowest BCUT2D eigenvalue weighted by Gasteiger charge is -2.08. The number of benzene rings is 5. The van der Waals surface area contributed by atoms with Crippen molar-refractivity contribution in [3.8, 4) is 0 Å². The highest BCUT2D eigenvalue weighted by atomic mass is 16.2. The van der Waals surface area contributed by atoms with Crippen molar-refractivity contribution in [1.82, 2.24) is 0 Å². The van der Waals surface area contributed by atoms with Crippen molar-refractivity contribution in [2.45, 2.75) is 54.4 Å². The number of hydrogen-bond acceptors (Lipinski definition) is 4. The van der Waals surface area contributed by atoms with Gasteiger partial charge in [-0.05, 0) is 105 Å². The molecule has 0 aromatic heterocycles. The number of rotatable bonds is 8. The van der Waals surface area contributed by atoms with Crippen molar-refractivity contribution < 1.29 is 14.4 Å². The summed E-state index contributed by atoms with van der Waals surface area (Å²) < 4.78 is 0. The summed E-state index contributed by atoms with van der Waals surface area (Å²) in [4.78, 5) is 35.1. The lowest BCUT2D eigenvalue weighted by Crippen LogP contribution is -2.19. The first-order valence-electron chi connectivity index (χ1n) is 16.7. The Balaban J connectivity index is 0.000000205. The van der Waals surface area contributed by atoms with E-state index in [1.807, 2.05) is 132 Å². The SMILES string of the molecule is CCc1ccc(NC(=O)Nc2ccc(C)cc2)cc1.Cc1ccc(NC(=O)CC(C)C)cc1.Cc1ccc(NC(=O)c2cccc(N)c2)cc1. The average molecular weight is 672 g/mol. The van der Waals surface area contributed by atoms with Gasteiger partial charge in [0.1, 0.15) is 0 Å². The number of carbonyl (C=O) groups is 3. The van der Waals surface area contributed by atoms with Crippen LogP contribution in [0.4, 0.5) is 33.2 Å². The van der Waals surface area contributed by atoms with Gasteiger partial charge in [0.05, 0.1) is 0 Å². The van der Waals surface area contributed by atoms with Crippen molar-refractivity contribution in [2.24, 2.45) is 5.92 Å². The van der Waals surface area contributed by atoms with Crippen LogP contribution in [-0.4, -0.2) is 17.8 Å². The molecule has 0 aliphatic rings. The third-order valence-electron chi connectivity index (χ3n) is 7.32. The molecule has 0 aliphatic heterocycles. The number of anilines is 5. The molecule has 5 rings (SSSR count). The van der Waals surface area contributed by atoms with Gasteiger partial charge in [-0.15, -0.1) is 0 Å². The van der Waals surface area contributed by atoms with Gasteiger partial charge in [-0.25, -0.2) is 4.79 Å². The normalized spacial score (nSPS) is 10.1. The van der Waals surface area contributed by atoms with E-state index in [9.17, 15) is 14.4 Å². The Morgan fingerprint density at radius 2 is 1.00 bits per heavy atom. The molecule has 0 radical (unpaired) electrons. The molecule has 5 aromatic carbocycles.